The van der Waals surface area contributed by atoms with Gasteiger partial charge in [-0.05, 0) is 24.6 Å². The summed E-state index contributed by atoms with van der Waals surface area (Å²) in [6.07, 6.45) is 0. The van der Waals surface area contributed by atoms with E-state index in [2.05, 4.69) is 5.32 Å². The average Bonchev–Trinajstić information content (AvgIpc) is 2.89. The molecule has 1 aromatic carbocycles. The van der Waals surface area contributed by atoms with Gasteiger partial charge in [-0.3, -0.25) is 4.79 Å². The van der Waals surface area contributed by atoms with Crippen LogP contribution in [0.2, 0.25) is 0 Å². The predicted octanol–water partition coefficient (Wildman–Crippen LogP) is 1.48. The topological polar surface area (TPSA) is 67.8 Å². The van der Waals surface area contributed by atoms with Crippen LogP contribution in [0.5, 0.6) is 11.5 Å². The molecular weight excluding hydrogens is 246 g/mol. The molecule has 1 fully saturated rings. The Morgan fingerprint density at radius 3 is 2.84 bits per heavy atom. The molecule has 1 saturated heterocycles. The maximum absolute atomic E-state index is 11.2. The van der Waals surface area contributed by atoms with Gasteiger partial charge < -0.3 is 19.9 Å². The lowest BCUT2D eigenvalue weighted by Crippen LogP contribution is -2.21. The van der Waals surface area contributed by atoms with Gasteiger partial charge in [0.1, 0.15) is 0 Å². The van der Waals surface area contributed by atoms with Crippen LogP contribution in [0.3, 0.4) is 0 Å². The highest BCUT2D eigenvalue weighted by Gasteiger charge is 2.34. The van der Waals surface area contributed by atoms with E-state index in [1.54, 1.807) is 7.11 Å². The second-order valence-corrected chi connectivity index (χ2v) is 4.55. The van der Waals surface area contributed by atoms with Crippen molar-refractivity contribution in [2.75, 3.05) is 26.8 Å². The molecule has 1 heterocycles. The summed E-state index contributed by atoms with van der Waals surface area (Å²) < 4.78 is 10.8. The Kier molecular flexibility index (Phi) is 4.27. The van der Waals surface area contributed by atoms with Gasteiger partial charge in [-0.2, -0.15) is 0 Å². The zero-order valence-electron chi connectivity index (χ0n) is 11.2. The third-order valence-electron chi connectivity index (χ3n) is 3.45. The van der Waals surface area contributed by atoms with E-state index in [1.165, 1.54) is 0 Å². The number of rotatable bonds is 5. The molecule has 1 aliphatic rings. The molecule has 0 aliphatic carbocycles. The number of methoxy groups -OCH3 is 1. The average molecular weight is 265 g/mol. The zero-order chi connectivity index (χ0) is 13.8. The van der Waals surface area contributed by atoms with Gasteiger partial charge in [0.15, 0.2) is 11.5 Å². The summed E-state index contributed by atoms with van der Waals surface area (Å²) in [7, 11) is 1.59. The minimum absolute atomic E-state index is 0.0259. The van der Waals surface area contributed by atoms with Crippen molar-refractivity contribution in [2.24, 2.45) is 5.92 Å². The van der Waals surface area contributed by atoms with Gasteiger partial charge in [0, 0.05) is 19.0 Å². The molecular formula is C14H19NO4. The third-order valence-corrected chi connectivity index (χ3v) is 3.45. The molecule has 2 atom stereocenters. The van der Waals surface area contributed by atoms with Gasteiger partial charge in [0.25, 0.3) is 0 Å². The number of carboxylic acid groups (broad SMARTS) is 1. The lowest BCUT2D eigenvalue weighted by Gasteiger charge is -2.17. The van der Waals surface area contributed by atoms with Crippen LogP contribution in [0.25, 0.3) is 0 Å². The molecule has 19 heavy (non-hydrogen) atoms. The minimum Gasteiger partial charge on any atom is -0.493 e. The second kappa shape index (κ2) is 5.93. The molecule has 0 aromatic heterocycles. The van der Waals surface area contributed by atoms with Crippen molar-refractivity contribution in [3.05, 3.63) is 23.8 Å². The van der Waals surface area contributed by atoms with Crippen LogP contribution in [0.4, 0.5) is 0 Å². The Morgan fingerprint density at radius 1 is 1.42 bits per heavy atom. The number of carboxylic acids is 1. The smallest absolute Gasteiger partial charge is 0.308 e. The maximum atomic E-state index is 11.2. The van der Waals surface area contributed by atoms with Gasteiger partial charge in [0.05, 0.1) is 19.6 Å². The molecule has 0 bridgehead atoms. The van der Waals surface area contributed by atoms with Crippen LogP contribution in [0.15, 0.2) is 18.2 Å². The van der Waals surface area contributed by atoms with Crippen LogP contribution in [0.1, 0.15) is 18.4 Å². The summed E-state index contributed by atoms with van der Waals surface area (Å²) in [4.78, 5) is 11.2. The van der Waals surface area contributed by atoms with Crippen molar-refractivity contribution in [3.63, 3.8) is 0 Å². The fraction of sp³-hybridized carbons (Fsp3) is 0.500. The Labute approximate surface area is 112 Å². The van der Waals surface area contributed by atoms with E-state index in [0.29, 0.717) is 31.2 Å². The highest BCUT2D eigenvalue weighted by Crippen LogP contribution is 2.35. The molecule has 5 nitrogen and oxygen atoms in total. The fourth-order valence-electron chi connectivity index (χ4n) is 2.48. The van der Waals surface area contributed by atoms with Crippen LogP contribution in [-0.2, 0) is 4.79 Å². The molecule has 104 valence electrons. The van der Waals surface area contributed by atoms with E-state index in [-0.39, 0.29) is 11.8 Å². The fourth-order valence-corrected chi connectivity index (χ4v) is 2.48. The quantitative estimate of drug-likeness (QED) is 0.844. The summed E-state index contributed by atoms with van der Waals surface area (Å²) in [5.74, 6) is 0.162. The predicted molar refractivity (Wildman–Crippen MR) is 70.9 cm³/mol. The Balaban J connectivity index is 2.27. The van der Waals surface area contributed by atoms with Crippen molar-refractivity contribution in [2.45, 2.75) is 12.8 Å². The summed E-state index contributed by atoms with van der Waals surface area (Å²) >= 11 is 0. The van der Waals surface area contributed by atoms with E-state index in [1.807, 2.05) is 25.1 Å². The first-order valence-electron chi connectivity index (χ1n) is 6.41. The largest absolute Gasteiger partial charge is 0.493 e. The molecule has 2 N–H and O–H groups in total. The Morgan fingerprint density at radius 2 is 2.21 bits per heavy atom. The first-order valence-corrected chi connectivity index (χ1v) is 6.41. The molecule has 0 saturated carbocycles. The molecule has 2 rings (SSSR count). The van der Waals surface area contributed by atoms with Gasteiger partial charge in [0.2, 0.25) is 0 Å². The normalized spacial score (nSPS) is 22.2. The second-order valence-electron chi connectivity index (χ2n) is 4.55. The lowest BCUT2D eigenvalue weighted by atomic mass is 9.89. The maximum Gasteiger partial charge on any atom is 0.308 e. The van der Waals surface area contributed by atoms with Crippen LogP contribution in [0, 0.1) is 5.92 Å². The highest BCUT2D eigenvalue weighted by atomic mass is 16.5. The minimum atomic E-state index is -0.761. The summed E-state index contributed by atoms with van der Waals surface area (Å²) in [6.45, 7) is 3.66. The van der Waals surface area contributed by atoms with E-state index >= 15 is 0 Å². The van der Waals surface area contributed by atoms with Crippen LogP contribution >= 0.6 is 0 Å². The monoisotopic (exact) mass is 265 g/mol. The van der Waals surface area contributed by atoms with Crippen molar-refractivity contribution in [1.29, 1.82) is 0 Å². The van der Waals surface area contributed by atoms with Crippen molar-refractivity contribution < 1.29 is 19.4 Å². The molecule has 2 unspecified atom stereocenters. The summed E-state index contributed by atoms with van der Waals surface area (Å²) in [5.41, 5.74) is 0.970. The van der Waals surface area contributed by atoms with E-state index in [0.717, 1.165) is 5.56 Å². The summed E-state index contributed by atoms with van der Waals surface area (Å²) in [5, 5.41) is 12.3. The molecule has 0 radical (unpaired) electrons. The number of carbonyl (C=O) groups is 1. The van der Waals surface area contributed by atoms with Crippen molar-refractivity contribution in [1.82, 2.24) is 5.32 Å². The standard InChI is InChI=1S/C14H19NO4/c1-3-19-12-5-4-9(6-13(12)18-2)10-7-15-8-11(10)14(16)17/h4-6,10-11,15H,3,7-8H2,1-2H3,(H,16,17). The van der Waals surface area contributed by atoms with Gasteiger partial charge in [-0.25, -0.2) is 0 Å². The summed E-state index contributed by atoms with van der Waals surface area (Å²) in [6, 6.07) is 5.63. The van der Waals surface area contributed by atoms with Gasteiger partial charge in [-0.1, -0.05) is 6.07 Å². The lowest BCUT2D eigenvalue weighted by molar-refractivity contribution is -0.141. The first kappa shape index (κ1) is 13.7. The molecule has 0 spiro atoms. The number of nitrogens with one attached hydrogen (secondary N) is 1. The third kappa shape index (κ3) is 2.81. The van der Waals surface area contributed by atoms with Gasteiger partial charge in [-0.15, -0.1) is 0 Å². The SMILES string of the molecule is CCOc1ccc(C2CNCC2C(=O)O)cc1OC. The first-order chi connectivity index (χ1) is 9.17. The Bertz CT molecular complexity index is 461. The van der Waals surface area contributed by atoms with E-state index < -0.39 is 5.97 Å². The number of hydrogen-bond donors (Lipinski definition) is 2. The molecule has 1 aliphatic heterocycles. The number of ether oxygens (including phenoxy) is 2. The number of hydrogen-bond acceptors (Lipinski definition) is 4. The highest BCUT2D eigenvalue weighted by molar-refractivity contribution is 5.72. The van der Waals surface area contributed by atoms with E-state index in [4.69, 9.17) is 9.47 Å². The molecule has 1 aromatic rings. The van der Waals surface area contributed by atoms with Crippen molar-refractivity contribution >= 4 is 5.97 Å². The van der Waals surface area contributed by atoms with E-state index in [9.17, 15) is 9.90 Å². The van der Waals surface area contributed by atoms with Crippen molar-refractivity contribution in [3.8, 4) is 11.5 Å². The van der Waals surface area contributed by atoms with Crippen LogP contribution in [-0.4, -0.2) is 37.9 Å². The zero-order valence-corrected chi connectivity index (χ0v) is 11.2. The van der Waals surface area contributed by atoms with Crippen LogP contribution < -0.4 is 14.8 Å². The molecule has 5 heteroatoms. The number of benzene rings is 1. The van der Waals surface area contributed by atoms with Gasteiger partial charge >= 0.3 is 5.97 Å². The number of aliphatic carboxylic acids is 1. The molecule has 0 amide bonds. The Hall–Kier alpha value is -1.75.